The predicted octanol–water partition coefficient (Wildman–Crippen LogP) is 1.86. The zero-order valence-corrected chi connectivity index (χ0v) is 8.97. The summed E-state index contributed by atoms with van der Waals surface area (Å²) < 4.78 is 7.31. The molecule has 0 aliphatic rings. The maximum atomic E-state index is 5.31. The molecule has 1 N–H and O–H groups in total. The lowest BCUT2D eigenvalue weighted by Crippen LogP contribution is -2.19. The lowest BCUT2D eigenvalue weighted by atomic mass is 10.2. The van der Waals surface area contributed by atoms with Gasteiger partial charge in [0.15, 0.2) is 0 Å². The normalized spacial score (nSPS) is 12.9. The molecule has 2 aromatic rings. The molecule has 15 heavy (non-hydrogen) atoms. The van der Waals surface area contributed by atoms with Crippen LogP contribution >= 0.6 is 0 Å². The highest BCUT2D eigenvalue weighted by atomic mass is 16.3. The fourth-order valence-electron chi connectivity index (χ4n) is 1.45. The number of aryl methyl sites for hydroxylation is 1. The van der Waals surface area contributed by atoms with Crippen LogP contribution in [0, 0.1) is 0 Å². The van der Waals surface area contributed by atoms with Gasteiger partial charge in [0.25, 0.3) is 0 Å². The van der Waals surface area contributed by atoms with Gasteiger partial charge >= 0.3 is 0 Å². The van der Waals surface area contributed by atoms with E-state index in [0.717, 1.165) is 18.1 Å². The summed E-state index contributed by atoms with van der Waals surface area (Å²) in [5.41, 5.74) is 0. The highest BCUT2D eigenvalue weighted by molar-refractivity contribution is 5.03. The van der Waals surface area contributed by atoms with E-state index in [0.29, 0.717) is 0 Å². The van der Waals surface area contributed by atoms with Gasteiger partial charge in [0, 0.05) is 19.4 Å². The first-order valence-electron chi connectivity index (χ1n) is 5.00. The van der Waals surface area contributed by atoms with Gasteiger partial charge in [-0.15, -0.1) is 0 Å². The molecule has 0 aliphatic carbocycles. The molecule has 80 valence electrons. The third-order valence-corrected chi connectivity index (χ3v) is 2.46. The van der Waals surface area contributed by atoms with E-state index in [2.05, 4.69) is 17.2 Å². The number of rotatable bonds is 4. The first-order valence-corrected chi connectivity index (χ1v) is 5.00. The second-order valence-corrected chi connectivity index (χ2v) is 3.57. The molecular weight excluding hydrogens is 190 g/mol. The van der Waals surface area contributed by atoms with Crippen LogP contribution < -0.4 is 5.32 Å². The summed E-state index contributed by atoms with van der Waals surface area (Å²) in [6.07, 6.45) is 5.43. The van der Waals surface area contributed by atoms with Gasteiger partial charge in [-0.1, -0.05) is 0 Å². The van der Waals surface area contributed by atoms with Crippen molar-refractivity contribution in [2.45, 2.75) is 19.5 Å². The number of imidazole rings is 1. The van der Waals surface area contributed by atoms with E-state index in [4.69, 9.17) is 4.42 Å². The van der Waals surface area contributed by atoms with E-state index in [1.54, 1.807) is 12.5 Å². The van der Waals surface area contributed by atoms with Crippen molar-refractivity contribution in [2.75, 3.05) is 0 Å². The van der Waals surface area contributed by atoms with Crippen LogP contribution in [0.25, 0.3) is 0 Å². The molecule has 2 aromatic heterocycles. The summed E-state index contributed by atoms with van der Waals surface area (Å²) in [4.78, 5) is 4.24. The van der Waals surface area contributed by atoms with Gasteiger partial charge in [-0.3, -0.25) is 0 Å². The van der Waals surface area contributed by atoms with Crippen molar-refractivity contribution < 1.29 is 4.42 Å². The SMILES string of the molecule is C[C@H](NCc1nccn1C)c1ccco1. The van der Waals surface area contributed by atoms with Gasteiger partial charge < -0.3 is 14.3 Å². The Balaban J connectivity index is 1.91. The van der Waals surface area contributed by atoms with E-state index >= 15 is 0 Å². The Morgan fingerprint density at radius 2 is 2.47 bits per heavy atom. The standard InChI is InChI=1S/C11H15N3O/c1-9(10-4-3-7-15-10)13-8-11-12-5-6-14(11)2/h3-7,9,13H,8H2,1-2H3/t9-/m0/s1. The minimum absolute atomic E-state index is 0.205. The smallest absolute Gasteiger partial charge is 0.122 e. The number of hydrogen-bond donors (Lipinski definition) is 1. The summed E-state index contributed by atoms with van der Waals surface area (Å²) >= 11 is 0. The Morgan fingerprint density at radius 3 is 3.07 bits per heavy atom. The lowest BCUT2D eigenvalue weighted by Gasteiger charge is -2.10. The van der Waals surface area contributed by atoms with Crippen molar-refractivity contribution in [3.05, 3.63) is 42.4 Å². The molecule has 0 bridgehead atoms. The summed E-state index contributed by atoms with van der Waals surface area (Å²) in [6, 6.07) is 4.07. The van der Waals surface area contributed by atoms with E-state index in [1.807, 2.05) is 29.9 Å². The second kappa shape index (κ2) is 4.31. The Bertz CT molecular complexity index is 405. The van der Waals surface area contributed by atoms with Crippen molar-refractivity contribution in [3.63, 3.8) is 0 Å². The minimum atomic E-state index is 0.205. The maximum absolute atomic E-state index is 5.31. The Labute approximate surface area is 88.9 Å². The molecule has 4 nitrogen and oxygen atoms in total. The third-order valence-electron chi connectivity index (χ3n) is 2.46. The van der Waals surface area contributed by atoms with Gasteiger partial charge in [0.1, 0.15) is 11.6 Å². The largest absolute Gasteiger partial charge is 0.468 e. The number of hydrogen-bond acceptors (Lipinski definition) is 3. The van der Waals surface area contributed by atoms with Crippen molar-refractivity contribution in [2.24, 2.45) is 7.05 Å². The average molecular weight is 205 g/mol. The second-order valence-electron chi connectivity index (χ2n) is 3.57. The topological polar surface area (TPSA) is 43.0 Å². The zero-order valence-electron chi connectivity index (χ0n) is 8.97. The molecular formula is C11H15N3O. The van der Waals surface area contributed by atoms with Gasteiger partial charge in [-0.25, -0.2) is 4.98 Å². The third kappa shape index (κ3) is 2.27. The molecule has 0 unspecified atom stereocenters. The van der Waals surface area contributed by atoms with E-state index in [9.17, 15) is 0 Å². The molecule has 1 atom stereocenters. The zero-order chi connectivity index (χ0) is 10.7. The summed E-state index contributed by atoms with van der Waals surface area (Å²) in [6.45, 7) is 2.81. The summed E-state index contributed by atoms with van der Waals surface area (Å²) in [5, 5.41) is 3.35. The molecule has 2 heterocycles. The molecule has 2 rings (SSSR count). The monoisotopic (exact) mass is 205 g/mol. The molecule has 0 radical (unpaired) electrons. The lowest BCUT2D eigenvalue weighted by molar-refractivity contribution is 0.425. The quantitative estimate of drug-likeness (QED) is 0.828. The van der Waals surface area contributed by atoms with Crippen LogP contribution in [-0.2, 0) is 13.6 Å². The average Bonchev–Trinajstić information content (AvgIpc) is 2.85. The van der Waals surface area contributed by atoms with Crippen molar-refractivity contribution in [1.29, 1.82) is 0 Å². The number of furan rings is 1. The van der Waals surface area contributed by atoms with Crippen LogP contribution in [0.15, 0.2) is 35.2 Å². The molecule has 0 aliphatic heterocycles. The van der Waals surface area contributed by atoms with Crippen molar-refractivity contribution >= 4 is 0 Å². The molecule has 0 fully saturated rings. The molecule has 0 saturated heterocycles. The van der Waals surface area contributed by atoms with Crippen LogP contribution in [-0.4, -0.2) is 9.55 Å². The number of nitrogens with one attached hydrogen (secondary N) is 1. The van der Waals surface area contributed by atoms with Crippen LogP contribution in [0.5, 0.6) is 0 Å². The van der Waals surface area contributed by atoms with Gasteiger partial charge in [-0.2, -0.15) is 0 Å². The van der Waals surface area contributed by atoms with Gasteiger partial charge in [0.2, 0.25) is 0 Å². The Kier molecular flexibility index (Phi) is 2.87. The van der Waals surface area contributed by atoms with Gasteiger partial charge in [0.05, 0.1) is 18.8 Å². The Morgan fingerprint density at radius 1 is 1.60 bits per heavy atom. The fraction of sp³-hybridized carbons (Fsp3) is 0.364. The molecule has 4 heteroatoms. The first kappa shape index (κ1) is 9.98. The first-order chi connectivity index (χ1) is 7.27. The maximum Gasteiger partial charge on any atom is 0.122 e. The van der Waals surface area contributed by atoms with Crippen LogP contribution in [0.2, 0.25) is 0 Å². The number of aromatic nitrogens is 2. The van der Waals surface area contributed by atoms with E-state index in [1.165, 1.54) is 0 Å². The summed E-state index contributed by atoms with van der Waals surface area (Å²) in [7, 11) is 1.99. The predicted molar refractivity (Wildman–Crippen MR) is 57.2 cm³/mol. The van der Waals surface area contributed by atoms with Crippen LogP contribution in [0.4, 0.5) is 0 Å². The highest BCUT2D eigenvalue weighted by Gasteiger charge is 2.08. The highest BCUT2D eigenvalue weighted by Crippen LogP contribution is 2.12. The summed E-state index contributed by atoms with van der Waals surface area (Å²) in [5.74, 6) is 1.97. The van der Waals surface area contributed by atoms with Crippen LogP contribution in [0.1, 0.15) is 24.6 Å². The Hall–Kier alpha value is -1.55. The fourth-order valence-corrected chi connectivity index (χ4v) is 1.45. The minimum Gasteiger partial charge on any atom is -0.468 e. The molecule has 0 spiro atoms. The molecule has 0 saturated carbocycles. The van der Waals surface area contributed by atoms with Crippen molar-refractivity contribution in [1.82, 2.24) is 14.9 Å². The van der Waals surface area contributed by atoms with Gasteiger partial charge in [-0.05, 0) is 19.1 Å². The van der Waals surface area contributed by atoms with E-state index < -0.39 is 0 Å². The molecule has 0 amide bonds. The van der Waals surface area contributed by atoms with Crippen LogP contribution in [0.3, 0.4) is 0 Å². The van der Waals surface area contributed by atoms with E-state index in [-0.39, 0.29) is 6.04 Å². The van der Waals surface area contributed by atoms with Crippen molar-refractivity contribution in [3.8, 4) is 0 Å². The molecule has 0 aromatic carbocycles. The number of nitrogens with zero attached hydrogens (tertiary/aromatic N) is 2.